The van der Waals surface area contributed by atoms with E-state index in [-0.39, 0.29) is 18.0 Å². The van der Waals surface area contributed by atoms with Crippen LogP contribution < -0.4 is 14.8 Å². The maximum atomic E-state index is 12.0. The lowest BCUT2D eigenvalue weighted by Gasteiger charge is -2.11. The Bertz CT molecular complexity index is 774. The molecule has 0 radical (unpaired) electrons. The number of amides is 1. The van der Waals surface area contributed by atoms with E-state index in [0.29, 0.717) is 17.4 Å². The molecule has 26 heavy (non-hydrogen) atoms. The van der Waals surface area contributed by atoms with Crippen molar-refractivity contribution in [1.82, 2.24) is 0 Å². The van der Waals surface area contributed by atoms with Crippen LogP contribution in [0.4, 0.5) is 11.4 Å². The molecule has 0 heterocycles. The van der Waals surface area contributed by atoms with Gasteiger partial charge < -0.3 is 14.8 Å². The van der Waals surface area contributed by atoms with E-state index in [1.807, 2.05) is 24.3 Å². The lowest BCUT2D eigenvalue weighted by Crippen LogP contribution is -2.20. The van der Waals surface area contributed by atoms with Gasteiger partial charge in [0.1, 0.15) is 5.75 Å². The average Bonchev–Trinajstić information content (AvgIpc) is 2.66. The molecule has 0 saturated heterocycles. The first kappa shape index (κ1) is 19.2. The average molecular weight is 358 g/mol. The van der Waals surface area contributed by atoms with Gasteiger partial charge in [-0.05, 0) is 42.2 Å². The molecule has 1 amide bonds. The summed E-state index contributed by atoms with van der Waals surface area (Å²) in [6, 6.07) is 11.8. The highest BCUT2D eigenvalue weighted by Crippen LogP contribution is 2.29. The number of nitrogens with zero attached hydrogens (tertiary/aromatic N) is 1. The number of ether oxygens (including phenoxy) is 2. The number of carbonyl (C=O) groups excluding carboxylic acids is 1. The third kappa shape index (κ3) is 4.95. The van der Waals surface area contributed by atoms with Crippen LogP contribution in [0.25, 0.3) is 0 Å². The first-order valence-electron chi connectivity index (χ1n) is 8.29. The Kier molecular flexibility index (Phi) is 6.54. The van der Waals surface area contributed by atoms with Gasteiger partial charge in [-0.2, -0.15) is 0 Å². The molecule has 0 aliphatic heterocycles. The van der Waals surface area contributed by atoms with Crippen LogP contribution in [0.5, 0.6) is 11.5 Å². The predicted octanol–water partition coefficient (Wildman–Crippen LogP) is 4.13. The Labute approximate surface area is 152 Å². The summed E-state index contributed by atoms with van der Waals surface area (Å²) in [7, 11) is 1.35. The van der Waals surface area contributed by atoms with Gasteiger partial charge in [-0.1, -0.05) is 26.0 Å². The van der Waals surface area contributed by atoms with Gasteiger partial charge >= 0.3 is 5.69 Å². The number of methoxy groups -OCH3 is 1. The Balaban J connectivity index is 1.94. The van der Waals surface area contributed by atoms with Gasteiger partial charge in [-0.15, -0.1) is 0 Å². The summed E-state index contributed by atoms with van der Waals surface area (Å²) in [6.07, 6.45) is 1.05. The maximum absolute atomic E-state index is 12.0. The summed E-state index contributed by atoms with van der Waals surface area (Å²) >= 11 is 0. The zero-order chi connectivity index (χ0) is 19.1. The lowest BCUT2D eigenvalue weighted by molar-refractivity contribution is -0.385. The monoisotopic (exact) mass is 358 g/mol. The molecular weight excluding hydrogens is 336 g/mol. The SMILES string of the molecule is CC[C@@H](C)c1ccc(OCC(=O)Nc2ccc(OC)c([N+](=O)[O-])c2)cc1. The zero-order valence-corrected chi connectivity index (χ0v) is 15.0. The fourth-order valence-corrected chi connectivity index (χ4v) is 2.38. The summed E-state index contributed by atoms with van der Waals surface area (Å²) < 4.78 is 10.4. The molecule has 0 fully saturated rings. The molecule has 0 aliphatic carbocycles. The lowest BCUT2D eigenvalue weighted by atomic mass is 9.99. The summed E-state index contributed by atoms with van der Waals surface area (Å²) in [6.45, 7) is 4.09. The van der Waals surface area contributed by atoms with Gasteiger partial charge in [0.2, 0.25) is 0 Å². The fraction of sp³-hybridized carbons (Fsp3) is 0.316. The summed E-state index contributed by atoms with van der Waals surface area (Å²) in [5.74, 6) is 0.784. The van der Waals surface area contributed by atoms with Crippen molar-refractivity contribution in [2.45, 2.75) is 26.2 Å². The third-order valence-corrected chi connectivity index (χ3v) is 4.09. The minimum Gasteiger partial charge on any atom is -0.490 e. The molecule has 7 nitrogen and oxygen atoms in total. The number of carbonyl (C=O) groups is 1. The zero-order valence-electron chi connectivity index (χ0n) is 15.0. The Morgan fingerprint density at radius 3 is 2.50 bits per heavy atom. The highest BCUT2D eigenvalue weighted by molar-refractivity contribution is 5.92. The molecular formula is C19H22N2O5. The van der Waals surface area contributed by atoms with Crippen molar-refractivity contribution in [2.75, 3.05) is 19.0 Å². The molecule has 0 bridgehead atoms. The number of rotatable bonds is 8. The third-order valence-electron chi connectivity index (χ3n) is 4.09. The van der Waals surface area contributed by atoms with E-state index in [2.05, 4.69) is 19.2 Å². The van der Waals surface area contributed by atoms with Crippen molar-refractivity contribution in [3.8, 4) is 11.5 Å². The number of nitrogens with one attached hydrogen (secondary N) is 1. The molecule has 0 spiro atoms. The van der Waals surface area contributed by atoms with Crippen LogP contribution in [-0.4, -0.2) is 24.5 Å². The van der Waals surface area contributed by atoms with Gasteiger partial charge in [-0.3, -0.25) is 14.9 Å². The van der Waals surface area contributed by atoms with Crippen LogP contribution in [0.15, 0.2) is 42.5 Å². The summed E-state index contributed by atoms with van der Waals surface area (Å²) in [5, 5.41) is 13.6. The van der Waals surface area contributed by atoms with Gasteiger partial charge in [-0.25, -0.2) is 0 Å². The van der Waals surface area contributed by atoms with E-state index in [9.17, 15) is 14.9 Å². The molecule has 2 rings (SSSR count). The van der Waals surface area contributed by atoms with E-state index in [1.165, 1.54) is 30.9 Å². The van der Waals surface area contributed by atoms with Crippen molar-refractivity contribution in [3.05, 3.63) is 58.1 Å². The van der Waals surface area contributed by atoms with Crippen molar-refractivity contribution < 1.29 is 19.2 Å². The van der Waals surface area contributed by atoms with Crippen LogP contribution >= 0.6 is 0 Å². The first-order valence-corrected chi connectivity index (χ1v) is 8.29. The van der Waals surface area contributed by atoms with Crippen LogP contribution in [0.2, 0.25) is 0 Å². The predicted molar refractivity (Wildman–Crippen MR) is 98.9 cm³/mol. The molecule has 0 aromatic heterocycles. The van der Waals surface area contributed by atoms with Crippen molar-refractivity contribution in [3.63, 3.8) is 0 Å². The second kappa shape index (κ2) is 8.84. The number of nitro groups is 1. The number of nitro benzene ring substituents is 1. The normalized spacial score (nSPS) is 11.5. The molecule has 0 aliphatic rings. The van der Waals surface area contributed by atoms with Gasteiger partial charge in [0.25, 0.3) is 5.91 Å². The first-order chi connectivity index (χ1) is 12.4. The smallest absolute Gasteiger partial charge is 0.312 e. The number of hydrogen-bond donors (Lipinski definition) is 1. The van der Waals surface area contributed by atoms with Crippen LogP contribution in [-0.2, 0) is 4.79 Å². The molecule has 1 N–H and O–H groups in total. The van der Waals surface area contributed by atoms with Gasteiger partial charge in [0.05, 0.1) is 12.0 Å². The Hall–Kier alpha value is -3.09. The molecule has 2 aromatic carbocycles. The largest absolute Gasteiger partial charge is 0.490 e. The Morgan fingerprint density at radius 1 is 1.23 bits per heavy atom. The molecule has 0 saturated carbocycles. The van der Waals surface area contributed by atoms with E-state index in [1.54, 1.807) is 0 Å². The summed E-state index contributed by atoms with van der Waals surface area (Å²) in [5.41, 5.74) is 1.31. The second-order valence-corrected chi connectivity index (χ2v) is 5.86. The van der Waals surface area contributed by atoms with E-state index < -0.39 is 10.8 Å². The number of hydrogen-bond acceptors (Lipinski definition) is 5. The highest BCUT2D eigenvalue weighted by Gasteiger charge is 2.16. The Morgan fingerprint density at radius 2 is 1.92 bits per heavy atom. The second-order valence-electron chi connectivity index (χ2n) is 5.86. The van der Waals surface area contributed by atoms with E-state index in [4.69, 9.17) is 9.47 Å². The van der Waals surface area contributed by atoms with Gasteiger partial charge in [0.15, 0.2) is 12.4 Å². The van der Waals surface area contributed by atoms with Crippen LogP contribution in [0.1, 0.15) is 31.7 Å². The summed E-state index contributed by atoms with van der Waals surface area (Å²) in [4.78, 5) is 22.5. The number of anilines is 1. The van der Waals surface area contributed by atoms with E-state index in [0.717, 1.165) is 6.42 Å². The van der Waals surface area contributed by atoms with Crippen molar-refractivity contribution in [1.29, 1.82) is 0 Å². The minimum atomic E-state index is -0.566. The molecule has 0 unspecified atom stereocenters. The van der Waals surface area contributed by atoms with Crippen molar-refractivity contribution in [2.24, 2.45) is 0 Å². The topological polar surface area (TPSA) is 90.7 Å². The molecule has 1 atom stereocenters. The molecule has 138 valence electrons. The van der Waals surface area contributed by atoms with Crippen LogP contribution in [0.3, 0.4) is 0 Å². The van der Waals surface area contributed by atoms with Crippen LogP contribution in [0, 0.1) is 10.1 Å². The molecule has 7 heteroatoms. The molecule has 2 aromatic rings. The highest BCUT2D eigenvalue weighted by atomic mass is 16.6. The quantitative estimate of drug-likeness (QED) is 0.566. The van der Waals surface area contributed by atoms with E-state index >= 15 is 0 Å². The maximum Gasteiger partial charge on any atom is 0.312 e. The fourth-order valence-electron chi connectivity index (χ4n) is 2.38. The number of benzene rings is 2. The minimum absolute atomic E-state index is 0.130. The van der Waals surface area contributed by atoms with Crippen molar-refractivity contribution >= 4 is 17.3 Å². The standard InChI is InChI=1S/C19H22N2O5/c1-4-13(2)14-5-8-16(9-6-14)26-12-19(22)20-15-7-10-18(25-3)17(11-15)21(23)24/h5-11,13H,4,12H2,1-3H3,(H,20,22)/t13-/m1/s1. The van der Waals surface area contributed by atoms with Gasteiger partial charge in [0, 0.05) is 11.8 Å².